The number of hydrogen-bond acceptors (Lipinski definition) is 3. The van der Waals surface area contributed by atoms with E-state index in [1.165, 1.54) is 19.3 Å². The van der Waals surface area contributed by atoms with Gasteiger partial charge in [0, 0.05) is 5.75 Å². The molecule has 0 atom stereocenters. The van der Waals surface area contributed by atoms with Gasteiger partial charge in [-0.2, -0.15) is 0 Å². The molecule has 0 fully saturated rings. The largest absolute Gasteiger partial charge is 1.00 e. The minimum absolute atomic E-state index is 0. The molecule has 0 saturated heterocycles. The van der Waals surface area contributed by atoms with Crippen molar-refractivity contribution in [3.8, 4) is 0 Å². The third-order valence-corrected chi connectivity index (χ3v) is 2.79. The fourth-order valence-electron chi connectivity index (χ4n) is 1.24. The Morgan fingerprint density at radius 1 is 0.929 bits per heavy atom. The normalized spacial score (nSPS) is 11.0. The van der Waals surface area contributed by atoms with Crippen LogP contribution in [0.2, 0.25) is 0 Å². The van der Waals surface area contributed by atoms with E-state index in [1.807, 2.05) is 0 Å². The van der Waals surface area contributed by atoms with Gasteiger partial charge in [0.1, 0.15) is 0 Å². The SMILES string of the molecule is CCCCCCCCCS(=O)(=O)[O-].[Li+]. The van der Waals surface area contributed by atoms with Crippen LogP contribution >= 0.6 is 0 Å². The van der Waals surface area contributed by atoms with E-state index in [0.717, 1.165) is 19.3 Å². The van der Waals surface area contributed by atoms with Crippen molar-refractivity contribution >= 4 is 10.1 Å². The first kappa shape index (κ1) is 16.9. The first-order valence-electron chi connectivity index (χ1n) is 5.00. The maximum Gasteiger partial charge on any atom is 1.00 e. The Morgan fingerprint density at radius 2 is 1.36 bits per heavy atom. The summed E-state index contributed by atoms with van der Waals surface area (Å²) >= 11 is 0. The van der Waals surface area contributed by atoms with Crippen molar-refractivity contribution in [2.75, 3.05) is 5.75 Å². The molecule has 0 aliphatic heterocycles. The van der Waals surface area contributed by atoms with Gasteiger partial charge in [-0.3, -0.25) is 0 Å². The van der Waals surface area contributed by atoms with Crippen LogP contribution in [-0.2, 0) is 10.1 Å². The summed E-state index contributed by atoms with van der Waals surface area (Å²) < 4.78 is 30.6. The van der Waals surface area contributed by atoms with E-state index in [-0.39, 0.29) is 24.6 Å². The van der Waals surface area contributed by atoms with Gasteiger partial charge in [0.25, 0.3) is 0 Å². The zero-order valence-corrected chi connectivity index (χ0v) is 10.1. The van der Waals surface area contributed by atoms with Crippen molar-refractivity contribution in [2.24, 2.45) is 0 Å². The van der Waals surface area contributed by atoms with Gasteiger partial charge in [-0.15, -0.1) is 0 Å². The molecule has 0 heterocycles. The molecule has 0 spiro atoms. The molecular weight excluding hydrogens is 195 g/mol. The summed E-state index contributed by atoms with van der Waals surface area (Å²) in [7, 11) is -3.97. The second kappa shape index (κ2) is 10.0. The Bertz CT molecular complexity index is 202. The molecule has 0 aliphatic rings. The quantitative estimate of drug-likeness (QED) is 0.304. The second-order valence-electron chi connectivity index (χ2n) is 3.38. The molecule has 0 saturated carbocycles. The van der Waals surface area contributed by atoms with E-state index in [9.17, 15) is 13.0 Å². The number of unbranched alkanes of at least 4 members (excludes halogenated alkanes) is 6. The van der Waals surface area contributed by atoms with Crippen LogP contribution in [0.3, 0.4) is 0 Å². The molecule has 0 N–H and O–H groups in total. The molecule has 14 heavy (non-hydrogen) atoms. The fraction of sp³-hybridized carbons (Fsp3) is 1.00. The summed E-state index contributed by atoms with van der Waals surface area (Å²) in [5, 5.41) is 0. The summed E-state index contributed by atoms with van der Waals surface area (Å²) in [5.74, 6) is -0.194. The monoisotopic (exact) mass is 214 g/mol. The van der Waals surface area contributed by atoms with Crippen molar-refractivity contribution in [2.45, 2.75) is 51.9 Å². The fourth-order valence-corrected chi connectivity index (χ4v) is 1.79. The van der Waals surface area contributed by atoms with Gasteiger partial charge in [-0.25, -0.2) is 8.42 Å². The zero-order valence-electron chi connectivity index (χ0n) is 9.29. The van der Waals surface area contributed by atoms with Crippen molar-refractivity contribution in [1.82, 2.24) is 0 Å². The summed E-state index contributed by atoms with van der Waals surface area (Å²) in [5.41, 5.74) is 0. The molecular formula is C9H19LiO3S. The maximum absolute atomic E-state index is 10.2. The predicted octanol–water partition coefficient (Wildman–Crippen LogP) is -0.714. The summed E-state index contributed by atoms with van der Waals surface area (Å²) in [6, 6.07) is 0. The van der Waals surface area contributed by atoms with Crippen LogP contribution in [0, 0.1) is 0 Å². The van der Waals surface area contributed by atoms with E-state index in [1.54, 1.807) is 0 Å². The standard InChI is InChI=1S/C9H20O3S.Li/c1-2-3-4-5-6-7-8-9-13(10,11)12;/h2-9H2,1H3,(H,10,11,12);/q;+1/p-1. The average Bonchev–Trinajstić information content (AvgIpc) is 2.01. The molecule has 5 heteroatoms. The molecule has 80 valence electrons. The van der Waals surface area contributed by atoms with Crippen LogP contribution in [0.25, 0.3) is 0 Å². The Hall–Kier alpha value is 0.507. The van der Waals surface area contributed by atoms with Gasteiger partial charge in [0.15, 0.2) is 0 Å². The van der Waals surface area contributed by atoms with Gasteiger partial charge in [-0.05, 0) is 6.42 Å². The van der Waals surface area contributed by atoms with Crippen LogP contribution in [0.1, 0.15) is 51.9 Å². The van der Waals surface area contributed by atoms with Gasteiger partial charge >= 0.3 is 18.9 Å². The minimum atomic E-state index is -3.97. The molecule has 0 aliphatic carbocycles. The van der Waals surface area contributed by atoms with Gasteiger partial charge in [0.2, 0.25) is 0 Å². The molecule has 3 nitrogen and oxygen atoms in total. The van der Waals surface area contributed by atoms with E-state index in [2.05, 4.69) is 6.92 Å². The summed E-state index contributed by atoms with van der Waals surface area (Å²) in [6.45, 7) is 2.16. The molecule has 0 radical (unpaired) electrons. The van der Waals surface area contributed by atoms with Crippen molar-refractivity contribution in [3.05, 3.63) is 0 Å². The van der Waals surface area contributed by atoms with Gasteiger partial charge < -0.3 is 4.55 Å². The maximum atomic E-state index is 10.2. The summed E-state index contributed by atoms with van der Waals surface area (Å²) in [4.78, 5) is 0. The van der Waals surface area contributed by atoms with Crippen molar-refractivity contribution in [3.63, 3.8) is 0 Å². The van der Waals surface area contributed by atoms with E-state index >= 15 is 0 Å². The number of hydrogen-bond donors (Lipinski definition) is 0. The van der Waals surface area contributed by atoms with E-state index in [4.69, 9.17) is 0 Å². The molecule has 0 amide bonds. The van der Waals surface area contributed by atoms with Crippen LogP contribution in [0.4, 0.5) is 0 Å². The molecule has 0 unspecified atom stereocenters. The molecule has 0 aromatic heterocycles. The van der Waals surface area contributed by atoms with Crippen molar-refractivity contribution < 1.29 is 31.8 Å². The first-order valence-corrected chi connectivity index (χ1v) is 6.57. The topological polar surface area (TPSA) is 57.2 Å². The van der Waals surface area contributed by atoms with Gasteiger partial charge in [0.05, 0.1) is 10.1 Å². The molecule has 0 aromatic rings. The van der Waals surface area contributed by atoms with Crippen LogP contribution in [0.15, 0.2) is 0 Å². The summed E-state index contributed by atoms with van der Waals surface area (Å²) in [6.07, 6.45) is 7.29. The molecule has 0 rings (SSSR count). The minimum Gasteiger partial charge on any atom is -0.748 e. The van der Waals surface area contributed by atoms with Crippen LogP contribution in [-0.4, -0.2) is 18.7 Å². The van der Waals surface area contributed by atoms with Crippen molar-refractivity contribution in [1.29, 1.82) is 0 Å². The zero-order chi connectivity index (χ0) is 10.2. The Kier molecular flexibility index (Phi) is 12.1. The number of rotatable bonds is 8. The predicted molar refractivity (Wildman–Crippen MR) is 52.6 cm³/mol. The third kappa shape index (κ3) is 15.0. The second-order valence-corrected chi connectivity index (χ2v) is 4.91. The Morgan fingerprint density at radius 3 is 1.79 bits per heavy atom. The Balaban J connectivity index is 0. The molecule has 0 aromatic carbocycles. The average molecular weight is 214 g/mol. The van der Waals surface area contributed by atoms with Gasteiger partial charge in [-0.1, -0.05) is 45.4 Å². The van der Waals surface area contributed by atoms with E-state index < -0.39 is 10.1 Å². The Labute approximate surface area is 99.6 Å². The third-order valence-electron chi connectivity index (χ3n) is 2.00. The van der Waals surface area contributed by atoms with Crippen LogP contribution < -0.4 is 18.9 Å². The van der Waals surface area contributed by atoms with E-state index in [0.29, 0.717) is 6.42 Å². The smallest absolute Gasteiger partial charge is 0.748 e. The molecule has 0 bridgehead atoms. The van der Waals surface area contributed by atoms with Crippen LogP contribution in [0.5, 0.6) is 0 Å². The first-order chi connectivity index (χ1) is 6.06.